The monoisotopic (exact) mass is 472 g/mol. The summed E-state index contributed by atoms with van der Waals surface area (Å²) in [6, 6.07) is 7.96. The first-order chi connectivity index (χ1) is 15.9. The predicted octanol–water partition coefficient (Wildman–Crippen LogP) is 2.61. The van der Waals surface area contributed by atoms with Crippen LogP contribution in [0.4, 0.5) is 11.5 Å². The van der Waals surface area contributed by atoms with Crippen molar-refractivity contribution in [2.75, 3.05) is 55.6 Å². The average Bonchev–Trinajstić information content (AvgIpc) is 3.20. The number of carbonyl (C=O) groups is 2. The van der Waals surface area contributed by atoms with Crippen molar-refractivity contribution in [3.05, 3.63) is 40.5 Å². The maximum absolute atomic E-state index is 12.7. The van der Waals surface area contributed by atoms with Crippen LogP contribution in [0.3, 0.4) is 0 Å². The van der Waals surface area contributed by atoms with Crippen LogP contribution in [0.15, 0.2) is 24.3 Å². The van der Waals surface area contributed by atoms with Gasteiger partial charge >= 0.3 is 0 Å². The molecule has 1 fully saturated rings. The smallest absolute Gasteiger partial charge is 0.228 e. The molecular weight excluding hydrogens is 440 g/mol. The van der Waals surface area contributed by atoms with E-state index in [1.165, 1.54) is 11.3 Å². The molecule has 2 aliphatic heterocycles. The molecule has 1 N–H and O–H groups in total. The normalized spacial score (nSPS) is 16.6. The van der Waals surface area contributed by atoms with Crippen molar-refractivity contribution in [1.29, 1.82) is 0 Å². The lowest BCUT2D eigenvalue weighted by atomic mass is 10.1. The zero-order chi connectivity index (χ0) is 23.4. The van der Waals surface area contributed by atoms with Crippen molar-refractivity contribution in [2.45, 2.75) is 39.7 Å². The third-order valence-corrected chi connectivity index (χ3v) is 6.65. The zero-order valence-corrected chi connectivity index (χ0v) is 20.3. The van der Waals surface area contributed by atoms with Crippen LogP contribution in [0, 0.1) is 13.8 Å². The molecule has 2 amide bonds. The van der Waals surface area contributed by atoms with Crippen LogP contribution < -0.4 is 15.1 Å². The van der Waals surface area contributed by atoms with Crippen molar-refractivity contribution in [3.8, 4) is 0 Å². The van der Waals surface area contributed by atoms with Gasteiger partial charge in [-0.25, -0.2) is 4.68 Å². The molecule has 1 saturated heterocycles. The van der Waals surface area contributed by atoms with Gasteiger partial charge in [-0.3, -0.25) is 19.4 Å². The van der Waals surface area contributed by atoms with Gasteiger partial charge in [0.15, 0.2) is 0 Å². The Morgan fingerprint density at radius 1 is 1.03 bits per heavy atom. The number of amides is 2. The van der Waals surface area contributed by atoms with Gasteiger partial charge in [-0.15, -0.1) is 0 Å². The molecule has 4 rings (SSSR count). The minimum atomic E-state index is -0.0711. The number of aromatic nitrogens is 2. The third kappa shape index (κ3) is 5.86. The van der Waals surface area contributed by atoms with Gasteiger partial charge in [-0.05, 0) is 38.0 Å². The number of anilines is 2. The number of carbonyl (C=O) groups excluding carboxylic acids is 2. The van der Waals surface area contributed by atoms with Crippen LogP contribution in [0.1, 0.15) is 30.5 Å². The van der Waals surface area contributed by atoms with Crippen LogP contribution in [-0.2, 0) is 16.1 Å². The fraction of sp³-hybridized carbons (Fsp3) is 0.542. The summed E-state index contributed by atoms with van der Waals surface area (Å²) in [5, 5.41) is 8.16. The number of benzene rings is 1. The van der Waals surface area contributed by atoms with Gasteiger partial charge in [-0.1, -0.05) is 17.7 Å². The minimum absolute atomic E-state index is 0.0153. The highest BCUT2D eigenvalue weighted by Crippen LogP contribution is 2.25. The number of aryl methyl sites for hydroxylation is 3. The van der Waals surface area contributed by atoms with Gasteiger partial charge in [0.05, 0.1) is 5.69 Å². The predicted molar refractivity (Wildman–Crippen MR) is 131 cm³/mol. The SMILES string of the molecule is Cc1cc2n(n1)CCCN2C(=O)CCC(=O)NCCN1CCN(c2cc(Cl)ccc2C)CC1. The summed E-state index contributed by atoms with van der Waals surface area (Å²) < 4.78 is 1.88. The van der Waals surface area contributed by atoms with Gasteiger partial charge in [-0.2, -0.15) is 5.10 Å². The molecule has 0 bridgehead atoms. The Kier molecular flexibility index (Phi) is 7.55. The Balaban J connectivity index is 1.15. The second-order valence-corrected chi connectivity index (χ2v) is 9.31. The number of piperazine rings is 1. The van der Waals surface area contributed by atoms with E-state index < -0.39 is 0 Å². The van der Waals surface area contributed by atoms with E-state index in [-0.39, 0.29) is 24.7 Å². The van der Waals surface area contributed by atoms with Crippen molar-refractivity contribution < 1.29 is 9.59 Å². The molecule has 2 aliphatic rings. The molecule has 0 radical (unpaired) electrons. The van der Waals surface area contributed by atoms with E-state index in [0.29, 0.717) is 13.1 Å². The molecular formula is C24H33ClN6O2. The van der Waals surface area contributed by atoms with Gasteiger partial charge in [0.25, 0.3) is 0 Å². The van der Waals surface area contributed by atoms with Crippen molar-refractivity contribution in [1.82, 2.24) is 20.0 Å². The Bertz CT molecular complexity index is 999. The fourth-order valence-corrected chi connectivity index (χ4v) is 4.76. The molecule has 1 aromatic carbocycles. The second-order valence-electron chi connectivity index (χ2n) is 8.88. The van der Waals surface area contributed by atoms with E-state index in [1.807, 2.05) is 29.8 Å². The highest BCUT2D eigenvalue weighted by atomic mass is 35.5. The molecule has 0 spiro atoms. The Morgan fingerprint density at radius 2 is 1.82 bits per heavy atom. The molecule has 2 aromatic rings. The summed E-state index contributed by atoms with van der Waals surface area (Å²) >= 11 is 6.17. The first-order valence-electron chi connectivity index (χ1n) is 11.8. The molecule has 0 atom stereocenters. The first kappa shape index (κ1) is 23.6. The standard InChI is InChI=1S/C24H33ClN6O2/c1-18-4-5-20(25)17-21(18)29-14-12-28(13-15-29)11-8-26-22(32)6-7-24(33)30-9-3-10-31-23(30)16-19(2)27-31/h4-5,16-17H,3,6-15H2,1-2H3,(H,26,32). The Morgan fingerprint density at radius 3 is 2.61 bits per heavy atom. The minimum Gasteiger partial charge on any atom is -0.369 e. The molecule has 0 aliphatic carbocycles. The Labute approximate surface area is 200 Å². The zero-order valence-electron chi connectivity index (χ0n) is 19.5. The van der Waals surface area contributed by atoms with Crippen LogP contribution in [0.5, 0.6) is 0 Å². The number of hydrogen-bond acceptors (Lipinski definition) is 5. The van der Waals surface area contributed by atoms with Crippen LogP contribution >= 0.6 is 11.6 Å². The highest BCUT2D eigenvalue weighted by Gasteiger charge is 2.24. The molecule has 9 heteroatoms. The molecule has 0 unspecified atom stereocenters. The average molecular weight is 473 g/mol. The molecule has 3 heterocycles. The molecule has 178 valence electrons. The lowest BCUT2D eigenvalue weighted by Crippen LogP contribution is -2.48. The number of fused-ring (bicyclic) bond motifs is 1. The van der Waals surface area contributed by atoms with Crippen molar-refractivity contribution >= 4 is 34.9 Å². The maximum Gasteiger partial charge on any atom is 0.228 e. The molecule has 8 nitrogen and oxygen atoms in total. The van der Waals surface area contributed by atoms with E-state index in [0.717, 1.165) is 62.2 Å². The topological polar surface area (TPSA) is 73.7 Å². The van der Waals surface area contributed by atoms with E-state index in [9.17, 15) is 9.59 Å². The number of halogens is 1. The van der Waals surface area contributed by atoms with Crippen LogP contribution in [-0.4, -0.2) is 72.3 Å². The number of nitrogens with one attached hydrogen (secondary N) is 1. The van der Waals surface area contributed by atoms with E-state index >= 15 is 0 Å². The quantitative estimate of drug-likeness (QED) is 0.670. The highest BCUT2D eigenvalue weighted by molar-refractivity contribution is 6.30. The fourth-order valence-electron chi connectivity index (χ4n) is 4.59. The first-order valence-corrected chi connectivity index (χ1v) is 12.1. The van der Waals surface area contributed by atoms with E-state index in [4.69, 9.17) is 11.6 Å². The lowest BCUT2D eigenvalue weighted by Gasteiger charge is -2.36. The number of nitrogens with zero attached hydrogens (tertiary/aromatic N) is 5. The second kappa shape index (κ2) is 10.6. The number of hydrogen-bond donors (Lipinski definition) is 1. The van der Waals surface area contributed by atoms with Gasteiger partial charge in [0, 0.05) is 82.0 Å². The summed E-state index contributed by atoms with van der Waals surface area (Å²) in [7, 11) is 0. The number of rotatable bonds is 7. The van der Waals surface area contributed by atoms with Gasteiger partial charge < -0.3 is 10.2 Å². The lowest BCUT2D eigenvalue weighted by molar-refractivity contribution is -0.125. The summed E-state index contributed by atoms with van der Waals surface area (Å²) in [5.74, 6) is 0.757. The van der Waals surface area contributed by atoms with Gasteiger partial charge in [0.1, 0.15) is 5.82 Å². The summed E-state index contributed by atoms with van der Waals surface area (Å²) in [6.07, 6.45) is 1.31. The van der Waals surface area contributed by atoms with E-state index in [1.54, 1.807) is 4.90 Å². The summed E-state index contributed by atoms with van der Waals surface area (Å²) in [6.45, 7) is 10.7. The van der Waals surface area contributed by atoms with Crippen molar-refractivity contribution in [2.24, 2.45) is 0 Å². The molecule has 33 heavy (non-hydrogen) atoms. The third-order valence-electron chi connectivity index (χ3n) is 6.41. The van der Waals surface area contributed by atoms with E-state index in [2.05, 4.69) is 33.2 Å². The van der Waals surface area contributed by atoms with Crippen LogP contribution in [0.2, 0.25) is 5.02 Å². The summed E-state index contributed by atoms with van der Waals surface area (Å²) in [4.78, 5) is 31.5. The van der Waals surface area contributed by atoms with Crippen molar-refractivity contribution in [3.63, 3.8) is 0 Å². The molecule has 0 saturated carbocycles. The Hall–Kier alpha value is -2.58. The maximum atomic E-state index is 12.7. The van der Waals surface area contributed by atoms with Gasteiger partial charge in [0.2, 0.25) is 11.8 Å². The largest absolute Gasteiger partial charge is 0.369 e. The summed E-state index contributed by atoms with van der Waals surface area (Å²) in [5.41, 5.74) is 3.34. The molecule has 1 aromatic heterocycles. The van der Waals surface area contributed by atoms with Crippen LogP contribution in [0.25, 0.3) is 0 Å².